The molecule has 3 aromatic heterocycles. The standard InChI is InChI=1S/C31H32N8O2S/c1-3-42(41)28-7-5-4-6-22(28)20-39-29-23(16-27(30(39)40)24-17-32-21-33-18-24)19-34-31(36-29)35-25-8-10-26(11-9-25)38-14-12-37(2)13-15-38/h4-11,16-19,21H,3,12-15,20H2,1-2H3,(H,34,35,36). The van der Waals surface area contributed by atoms with Gasteiger partial charge in [-0.2, -0.15) is 4.98 Å². The molecule has 42 heavy (non-hydrogen) atoms. The van der Waals surface area contributed by atoms with Crippen LogP contribution in [0.15, 0.2) is 89.2 Å². The molecule has 4 heterocycles. The molecule has 11 heteroatoms. The number of aromatic nitrogens is 5. The van der Waals surface area contributed by atoms with Crippen LogP contribution in [0, 0.1) is 0 Å². The van der Waals surface area contributed by atoms with Gasteiger partial charge >= 0.3 is 0 Å². The first-order chi connectivity index (χ1) is 20.5. The summed E-state index contributed by atoms with van der Waals surface area (Å²) in [6, 6.07) is 17.5. The quantitative estimate of drug-likeness (QED) is 0.292. The molecule has 1 atom stereocenters. The number of fused-ring (bicyclic) bond motifs is 1. The summed E-state index contributed by atoms with van der Waals surface area (Å²) in [4.78, 5) is 36.9. The van der Waals surface area contributed by atoms with Crippen molar-refractivity contribution < 1.29 is 4.21 Å². The zero-order valence-corrected chi connectivity index (χ0v) is 24.4. The molecule has 0 amide bonds. The number of nitrogens with one attached hydrogen (secondary N) is 1. The Bertz CT molecular complexity index is 1790. The van der Waals surface area contributed by atoms with Gasteiger partial charge in [0.25, 0.3) is 5.56 Å². The fourth-order valence-electron chi connectivity index (χ4n) is 5.14. The van der Waals surface area contributed by atoms with Crippen molar-refractivity contribution in [2.45, 2.75) is 18.4 Å². The van der Waals surface area contributed by atoms with Gasteiger partial charge in [-0.1, -0.05) is 25.1 Å². The number of anilines is 3. The highest BCUT2D eigenvalue weighted by Gasteiger charge is 2.17. The van der Waals surface area contributed by atoms with Gasteiger partial charge in [0.2, 0.25) is 5.95 Å². The Labute approximate surface area is 246 Å². The number of benzene rings is 2. The lowest BCUT2D eigenvalue weighted by Crippen LogP contribution is -2.44. The molecule has 10 nitrogen and oxygen atoms in total. The molecule has 1 unspecified atom stereocenters. The maximum Gasteiger partial charge on any atom is 0.260 e. The van der Waals surface area contributed by atoms with E-state index in [-0.39, 0.29) is 12.1 Å². The molecule has 214 valence electrons. The van der Waals surface area contributed by atoms with Crippen LogP contribution >= 0.6 is 0 Å². The molecular formula is C31H32N8O2S. The summed E-state index contributed by atoms with van der Waals surface area (Å²) in [5, 5.41) is 3.99. The Kier molecular flexibility index (Phi) is 8.02. The predicted molar refractivity (Wildman–Crippen MR) is 167 cm³/mol. The summed E-state index contributed by atoms with van der Waals surface area (Å²) in [6.07, 6.45) is 6.37. The third-order valence-electron chi connectivity index (χ3n) is 7.50. The van der Waals surface area contributed by atoms with Crippen LogP contribution in [-0.4, -0.2) is 72.6 Å². The van der Waals surface area contributed by atoms with Gasteiger partial charge in [0.05, 0.1) is 22.9 Å². The molecule has 1 N–H and O–H groups in total. The van der Waals surface area contributed by atoms with Crippen molar-refractivity contribution in [3.05, 3.63) is 95.4 Å². The lowest BCUT2D eigenvalue weighted by atomic mass is 10.1. The van der Waals surface area contributed by atoms with Crippen LogP contribution < -0.4 is 15.8 Å². The highest BCUT2D eigenvalue weighted by atomic mass is 32.2. The number of likely N-dealkylation sites (N-methyl/N-ethyl adjacent to an activating group) is 1. The van der Waals surface area contributed by atoms with Gasteiger partial charge < -0.3 is 15.1 Å². The third kappa shape index (κ3) is 5.79. The summed E-state index contributed by atoms with van der Waals surface area (Å²) in [5.74, 6) is 0.863. The smallest absolute Gasteiger partial charge is 0.260 e. The summed E-state index contributed by atoms with van der Waals surface area (Å²) in [5.41, 5.74) is 4.12. The average Bonchev–Trinajstić information content (AvgIpc) is 3.03. The minimum Gasteiger partial charge on any atom is -0.369 e. The minimum absolute atomic E-state index is 0.203. The van der Waals surface area contributed by atoms with Gasteiger partial charge in [-0.05, 0) is 49.0 Å². The van der Waals surface area contributed by atoms with E-state index < -0.39 is 10.8 Å². The van der Waals surface area contributed by atoms with Crippen molar-refractivity contribution in [2.75, 3.05) is 49.2 Å². The van der Waals surface area contributed by atoms with Gasteiger partial charge in [0, 0.05) is 77.7 Å². The predicted octanol–water partition coefficient (Wildman–Crippen LogP) is 3.92. The highest BCUT2D eigenvalue weighted by molar-refractivity contribution is 7.85. The fraction of sp³-hybridized carbons (Fsp3) is 0.258. The van der Waals surface area contributed by atoms with E-state index in [1.165, 1.54) is 12.0 Å². The van der Waals surface area contributed by atoms with Crippen LogP contribution in [0.4, 0.5) is 17.3 Å². The Hall–Kier alpha value is -4.48. The van der Waals surface area contributed by atoms with Gasteiger partial charge in [-0.3, -0.25) is 13.6 Å². The maximum atomic E-state index is 14.0. The van der Waals surface area contributed by atoms with Crippen molar-refractivity contribution in [1.29, 1.82) is 0 Å². The number of nitrogens with zero attached hydrogens (tertiary/aromatic N) is 7. The molecule has 0 spiro atoms. The van der Waals surface area contributed by atoms with E-state index in [1.54, 1.807) is 29.2 Å². The molecule has 0 radical (unpaired) electrons. The van der Waals surface area contributed by atoms with Crippen LogP contribution in [0.1, 0.15) is 12.5 Å². The Morgan fingerprint density at radius 2 is 1.69 bits per heavy atom. The van der Waals surface area contributed by atoms with Crippen LogP contribution in [0.5, 0.6) is 0 Å². The molecule has 1 saturated heterocycles. The van der Waals surface area contributed by atoms with E-state index >= 15 is 0 Å². The molecule has 1 aliphatic heterocycles. The zero-order valence-electron chi connectivity index (χ0n) is 23.6. The van der Waals surface area contributed by atoms with E-state index in [4.69, 9.17) is 4.98 Å². The number of hydrogen-bond donors (Lipinski definition) is 1. The molecular weight excluding hydrogens is 548 g/mol. The second-order valence-corrected chi connectivity index (χ2v) is 12.0. The average molecular weight is 581 g/mol. The largest absolute Gasteiger partial charge is 0.369 e. The van der Waals surface area contributed by atoms with Crippen LogP contribution in [0.3, 0.4) is 0 Å². The summed E-state index contributed by atoms with van der Waals surface area (Å²) in [7, 11) is 0.968. The number of rotatable bonds is 8. The minimum atomic E-state index is -1.18. The van der Waals surface area contributed by atoms with Gasteiger partial charge in [-0.15, -0.1) is 0 Å². The third-order valence-corrected chi connectivity index (χ3v) is 8.91. The zero-order chi connectivity index (χ0) is 29.1. The van der Waals surface area contributed by atoms with Crippen molar-refractivity contribution in [1.82, 2.24) is 29.4 Å². The topological polar surface area (TPSA) is 109 Å². The van der Waals surface area contributed by atoms with Gasteiger partial charge in [0.1, 0.15) is 12.0 Å². The van der Waals surface area contributed by atoms with Crippen LogP contribution in [-0.2, 0) is 17.3 Å². The van der Waals surface area contributed by atoms with Crippen molar-refractivity contribution in [2.24, 2.45) is 0 Å². The van der Waals surface area contributed by atoms with Crippen LogP contribution in [0.2, 0.25) is 0 Å². The van der Waals surface area contributed by atoms with E-state index in [1.807, 2.05) is 43.3 Å². The summed E-state index contributed by atoms with van der Waals surface area (Å²) < 4.78 is 14.4. The second-order valence-electron chi connectivity index (χ2n) is 10.3. The fourth-order valence-corrected chi connectivity index (χ4v) is 6.11. The van der Waals surface area contributed by atoms with E-state index in [0.717, 1.165) is 37.4 Å². The molecule has 6 rings (SSSR count). The molecule has 0 bridgehead atoms. The van der Waals surface area contributed by atoms with E-state index in [9.17, 15) is 9.00 Å². The lowest BCUT2D eigenvalue weighted by molar-refractivity contribution is 0.313. The highest BCUT2D eigenvalue weighted by Crippen LogP contribution is 2.24. The van der Waals surface area contributed by atoms with Crippen molar-refractivity contribution >= 4 is 39.2 Å². The SMILES string of the molecule is CCS(=O)c1ccccc1Cn1c(=O)c(-c2cncnc2)cc2cnc(Nc3ccc(N4CCN(C)CC4)cc3)nc21. The summed E-state index contributed by atoms with van der Waals surface area (Å²) in [6.45, 7) is 6.18. The lowest BCUT2D eigenvalue weighted by Gasteiger charge is -2.34. The van der Waals surface area contributed by atoms with Crippen LogP contribution in [0.25, 0.3) is 22.2 Å². The molecule has 1 aliphatic rings. The second kappa shape index (κ2) is 12.2. The maximum absolute atomic E-state index is 14.0. The first-order valence-corrected chi connectivity index (χ1v) is 15.2. The Morgan fingerprint density at radius 1 is 0.952 bits per heavy atom. The normalized spacial score (nSPS) is 14.7. The molecule has 2 aromatic carbocycles. The number of hydrogen-bond acceptors (Lipinski definition) is 9. The first-order valence-electron chi connectivity index (χ1n) is 13.9. The number of piperazine rings is 1. The van der Waals surface area contributed by atoms with Crippen molar-refractivity contribution in [3.63, 3.8) is 0 Å². The first kappa shape index (κ1) is 27.7. The van der Waals surface area contributed by atoms with Crippen molar-refractivity contribution in [3.8, 4) is 11.1 Å². The number of pyridine rings is 1. The van der Waals surface area contributed by atoms with E-state index in [0.29, 0.717) is 38.8 Å². The monoisotopic (exact) mass is 580 g/mol. The molecule has 0 aliphatic carbocycles. The van der Waals surface area contributed by atoms with E-state index in [2.05, 4.69) is 49.2 Å². The molecule has 5 aromatic rings. The summed E-state index contributed by atoms with van der Waals surface area (Å²) >= 11 is 0. The van der Waals surface area contributed by atoms with Gasteiger partial charge in [-0.25, -0.2) is 15.0 Å². The Morgan fingerprint density at radius 3 is 2.43 bits per heavy atom. The molecule has 1 fully saturated rings. The molecule has 0 saturated carbocycles. The van der Waals surface area contributed by atoms with Gasteiger partial charge in [0.15, 0.2) is 0 Å². The Balaban J connectivity index is 1.38.